The minimum atomic E-state index is -1.74. The lowest BCUT2D eigenvalue weighted by Crippen LogP contribution is -2.59. The number of carbonyl (C=O) groups is 12. The Morgan fingerprint density at radius 2 is 1.07 bits per heavy atom. The molecule has 0 spiro atoms. The lowest BCUT2D eigenvalue weighted by atomic mass is 10.0. The smallest absolute Gasteiger partial charge is 0.326 e. The second kappa shape index (κ2) is 27.9. The zero-order chi connectivity index (χ0) is 55.8. The van der Waals surface area contributed by atoms with Crippen LogP contribution in [0.25, 0.3) is 0 Å². The molecule has 418 valence electrons. The van der Waals surface area contributed by atoms with Gasteiger partial charge in [-0.15, -0.1) is 0 Å². The number of nitrogens with zero attached hydrogens (tertiary/aromatic N) is 5. The molecule has 0 aromatic heterocycles. The molecule has 4 aliphatic heterocycles. The lowest BCUT2D eigenvalue weighted by Gasteiger charge is -2.32. The number of amides is 10. The molecule has 4 aliphatic rings. The third kappa shape index (κ3) is 16.7. The maximum atomic E-state index is 13.7. The number of aliphatic imine (C=N–C) groups is 1. The van der Waals surface area contributed by atoms with Gasteiger partial charge < -0.3 is 84.0 Å². The Balaban J connectivity index is 1.29. The summed E-state index contributed by atoms with van der Waals surface area (Å²) < 4.78 is 0. The molecule has 10 atom stereocenters. The zero-order valence-corrected chi connectivity index (χ0v) is 42.8. The fourth-order valence-corrected chi connectivity index (χ4v) is 9.49. The minimum absolute atomic E-state index is 0.00511. The van der Waals surface area contributed by atoms with E-state index in [9.17, 15) is 72.9 Å². The van der Waals surface area contributed by atoms with Gasteiger partial charge in [-0.1, -0.05) is 13.8 Å². The van der Waals surface area contributed by atoms with Gasteiger partial charge in [0.1, 0.15) is 54.4 Å². The summed E-state index contributed by atoms with van der Waals surface area (Å²) in [5.74, 6) is -10.9. The second-order valence-electron chi connectivity index (χ2n) is 19.5. The summed E-state index contributed by atoms with van der Waals surface area (Å²) in [5.41, 5.74) is 16.5. The molecule has 4 saturated heterocycles. The van der Waals surface area contributed by atoms with Crippen LogP contribution < -0.4 is 49.1 Å². The van der Waals surface area contributed by atoms with Crippen molar-refractivity contribution in [2.75, 3.05) is 45.8 Å². The Bertz CT molecular complexity index is 2190. The first-order chi connectivity index (χ1) is 35.3. The highest BCUT2D eigenvalue weighted by Crippen LogP contribution is 2.26. The summed E-state index contributed by atoms with van der Waals surface area (Å²) in [4.78, 5) is 166. The number of hydrogen-bond donors (Lipinski definition) is 12. The fraction of sp³-hybridized carbons (Fsp3) is 0.717. The Hall–Kier alpha value is -7.17. The van der Waals surface area contributed by atoms with Gasteiger partial charge in [0.25, 0.3) is 0 Å². The molecule has 29 heteroatoms. The maximum Gasteiger partial charge on any atom is 0.326 e. The summed E-state index contributed by atoms with van der Waals surface area (Å²) in [7, 11) is 0. The third-order valence-corrected chi connectivity index (χ3v) is 13.6. The number of rotatable bonds is 25. The number of guanidine groups is 1. The molecule has 4 heterocycles. The predicted octanol–water partition coefficient (Wildman–Crippen LogP) is -5.88. The Morgan fingerprint density at radius 3 is 1.56 bits per heavy atom. The van der Waals surface area contributed by atoms with Gasteiger partial charge in [-0.3, -0.25) is 57.7 Å². The SMILES string of the molecule is CC(NC(=O)C1CCCN1C(=O)C1CCCN1C(=O)C(N)C(C)O)C(=O)NCC(=O)N1CCCC1C(=O)NC(CC(=O)O)C(=O)NC(C(=O)NCC(=O)N1CCCC1C(=O)NC(CCCN=C(N)N)C(=O)O)C(C)C. The maximum absolute atomic E-state index is 13.7. The highest BCUT2D eigenvalue weighted by Gasteiger charge is 2.44. The van der Waals surface area contributed by atoms with Gasteiger partial charge >= 0.3 is 11.9 Å². The van der Waals surface area contributed by atoms with E-state index in [0.717, 1.165) is 4.90 Å². The van der Waals surface area contributed by atoms with Gasteiger partial charge in [-0.2, -0.15) is 0 Å². The van der Waals surface area contributed by atoms with E-state index in [1.807, 2.05) is 0 Å². The van der Waals surface area contributed by atoms with Crippen molar-refractivity contribution in [1.82, 2.24) is 51.5 Å². The van der Waals surface area contributed by atoms with Crippen molar-refractivity contribution in [3.8, 4) is 0 Å². The molecule has 75 heavy (non-hydrogen) atoms. The van der Waals surface area contributed by atoms with Crippen LogP contribution in [0.3, 0.4) is 0 Å². The van der Waals surface area contributed by atoms with E-state index in [1.165, 1.54) is 28.5 Å². The fourth-order valence-electron chi connectivity index (χ4n) is 9.49. The Labute approximate surface area is 433 Å². The molecule has 4 rings (SSSR count). The molecule has 15 N–H and O–H groups in total. The quantitative estimate of drug-likeness (QED) is 0.0230. The molecule has 0 bridgehead atoms. The molecular weight excluding hydrogens is 989 g/mol. The summed E-state index contributed by atoms with van der Waals surface area (Å²) in [6.07, 6.45) is 0.905. The van der Waals surface area contributed by atoms with Gasteiger partial charge in [0.15, 0.2) is 5.96 Å². The van der Waals surface area contributed by atoms with Crippen molar-refractivity contribution >= 4 is 77.0 Å². The summed E-state index contributed by atoms with van der Waals surface area (Å²) in [5, 5.41) is 43.9. The van der Waals surface area contributed by atoms with Crippen molar-refractivity contribution in [3.05, 3.63) is 0 Å². The van der Waals surface area contributed by atoms with Crippen molar-refractivity contribution in [3.63, 3.8) is 0 Å². The van der Waals surface area contributed by atoms with Crippen LogP contribution in [0.4, 0.5) is 0 Å². The molecule has 0 aromatic rings. The highest BCUT2D eigenvalue weighted by atomic mass is 16.4. The first-order valence-corrected chi connectivity index (χ1v) is 25.2. The van der Waals surface area contributed by atoms with Crippen LogP contribution in [-0.4, -0.2) is 218 Å². The molecule has 0 aromatic carbocycles. The van der Waals surface area contributed by atoms with Gasteiger partial charge in [-0.05, 0) is 84.0 Å². The van der Waals surface area contributed by atoms with Crippen LogP contribution in [-0.2, 0) is 57.5 Å². The van der Waals surface area contributed by atoms with Crippen LogP contribution >= 0.6 is 0 Å². The Kier molecular flexibility index (Phi) is 22.5. The molecule has 0 radical (unpaired) electrons. The second-order valence-corrected chi connectivity index (χ2v) is 19.5. The van der Waals surface area contributed by atoms with E-state index < -0.39 is 157 Å². The Morgan fingerprint density at radius 1 is 0.600 bits per heavy atom. The van der Waals surface area contributed by atoms with Gasteiger partial charge in [0, 0.05) is 32.7 Å². The monoisotopic (exact) mass is 1060 g/mol. The zero-order valence-electron chi connectivity index (χ0n) is 42.8. The van der Waals surface area contributed by atoms with Gasteiger partial charge in [0.2, 0.25) is 59.1 Å². The van der Waals surface area contributed by atoms with Crippen LogP contribution in [0.5, 0.6) is 0 Å². The average Bonchev–Trinajstić information content (AvgIpc) is 4.21. The molecule has 0 aliphatic carbocycles. The first-order valence-electron chi connectivity index (χ1n) is 25.2. The molecule has 10 unspecified atom stereocenters. The molecular formula is C46H74N14O15. The number of nitrogens with one attached hydrogen (secondary N) is 6. The number of hydrogen-bond acceptors (Lipinski definition) is 15. The number of likely N-dealkylation sites (tertiary alicyclic amines) is 4. The number of aliphatic hydroxyl groups is 1. The number of aliphatic carboxylic acids is 2. The van der Waals surface area contributed by atoms with E-state index >= 15 is 0 Å². The van der Waals surface area contributed by atoms with Crippen molar-refractivity contribution in [2.45, 2.75) is 159 Å². The number of aliphatic hydroxyl groups excluding tert-OH is 1. The normalized spacial score (nSPS) is 21.7. The summed E-state index contributed by atoms with van der Waals surface area (Å²) >= 11 is 0. The summed E-state index contributed by atoms with van der Waals surface area (Å²) in [6.45, 7) is 5.47. The molecule has 10 amide bonds. The van der Waals surface area contributed by atoms with Crippen molar-refractivity contribution in [1.29, 1.82) is 0 Å². The van der Waals surface area contributed by atoms with Crippen LogP contribution in [0, 0.1) is 5.92 Å². The topological polar surface area (TPSA) is 441 Å². The van der Waals surface area contributed by atoms with Crippen molar-refractivity contribution < 1.29 is 72.9 Å². The van der Waals surface area contributed by atoms with Crippen LogP contribution in [0.1, 0.15) is 98.3 Å². The number of carbonyl (C=O) groups excluding carboxylic acids is 10. The van der Waals surface area contributed by atoms with Crippen LogP contribution in [0.2, 0.25) is 0 Å². The predicted molar refractivity (Wildman–Crippen MR) is 263 cm³/mol. The third-order valence-electron chi connectivity index (χ3n) is 13.6. The lowest BCUT2D eigenvalue weighted by molar-refractivity contribution is -0.148. The standard InChI is InChI=1S/C46H74N14O15/c1-23(2)36(42(71)52-22-33(63)57-16-6-11-28(57)40(69)54-26(45(74)75)10-5-15-50-46(48)49)56-38(67)27(20-34(64)65)55-41(70)29-12-7-17-58(29)32(62)21-51-37(66)24(3)53-39(68)30-13-8-18-59(30)43(72)31-14-9-19-60(31)44(73)35(47)25(4)61/h23-31,35-36,61H,5-22,47H2,1-4H3,(H,51,66)(H,52,71)(H,53,68)(H,54,69)(H,55,70)(H,56,67)(H,64,65)(H,74,75)(H4,48,49,50). The molecule has 0 saturated carbocycles. The summed E-state index contributed by atoms with van der Waals surface area (Å²) in [6, 6.07) is -10.8. The minimum Gasteiger partial charge on any atom is -0.481 e. The van der Waals surface area contributed by atoms with E-state index in [0.29, 0.717) is 38.5 Å². The number of carboxylic acid groups (broad SMARTS) is 2. The van der Waals surface area contributed by atoms with E-state index in [2.05, 4.69) is 36.9 Å². The van der Waals surface area contributed by atoms with E-state index in [1.54, 1.807) is 13.8 Å². The van der Waals surface area contributed by atoms with Gasteiger partial charge in [-0.25, -0.2) is 4.79 Å². The first kappa shape index (κ1) is 60.4. The van der Waals surface area contributed by atoms with E-state index in [4.69, 9.17) is 17.2 Å². The molecule has 29 nitrogen and oxygen atoms in total. The van der Waals surface area contributed by atoms with Crippen molar-refractivity contribution in [2.24, 2.45) is 28.1 Å². The van der Waals surface area contributed by atoms with Crippen LogP contribution in [0.15, 0.2) is 4.99 Å². The number of nitrogens with two attached hydrogens (primary N) is 3. The van der Waals surface area contributed by atoms with E-state index in [-0.39, 0.29) is 64.4 Å². The molecule has 4 fully saturated rings. The highest BCUT2D eigenvalue weighted by molar-refractivity contribution is 5.99. The van der Waals surface area contributed by atoms with Gasteiger partial charge in [0.05, 0.1) is 25.6 Å². The average molecular weight is 1060 g/mol. The number of carboxylic acids is 2. The largest absolute Gasteiger partial charge is 0.481 e.